The second-order valence-corrected chi connectivity index (χ2v) is 7.14. The number of nitrogens with one attached hydrogen (secondary N) is 2. The van der Waals surface area contributed by atoms with Crippen LogP contribution in [-0.2, 0) is 11.2 Å². The van der Waals surface area contributed by atoms with Gasteiger partial charge in [-0.15, -0.1) is 0 Å². The molecule has 2 aromatic rings. The Hall–Kier alpha value is -3.55. The molecule has 0 radical (unpaired) electrons. The Labute approximate surface area is 176 Å². The topological polar surface area (TPSA) is 128 Å². The summed E-state index contributed by atoms with van der Waals surface area (Å²) in [4.78, 5) is 20.6. The van der Waals surface area contributed by atoms with E-state index in [1.165, 1.54) is 5.56 Å². The average molecular weight is 409 g/mol. The molecule has 3 rings (SSSR count). The van der Waals surface area contributed by atoms with Crippen molar-refractivity contribution >= 4 is 17.6 Å². The SMILES string of the molecule is CC1=C(CCc2ccccc2)C(=O)NC(CCCOc2cc(N=C(N)N)ccn2)N1. The Balaban J connectivity index is 1.44. The number of ether oxygens (including phenoxy) is 1. The number of aliphatic imine (C=N–C) groups is 1. The number of carbonyl (C=O) groups excluding carboxylic acids is 1. The molecule has 1 aromatic heterocycles. The number of amides is 1. The third-order valence-corrected chi connectivity index (χ3v) is 4.79. The second-order valence-electron chi connectivity index (χ2n) is 7.14. The molecule has 6 N–H and O–H groups in total. The Morgan fingerprint density at radius 1 is 1.17 bits per heavy atom. The summed E-state index contributed by atoms with van der Waals surface area (Å²) in [6, 6.07) is 13.5. The van der Waals surface area contributed by atoms with E-state index in [1.54, 1.807) is 18.3 Å². The Morgan fingerprint density at radius 3 is 2.70 bits per heavy atom. The lowest BCUT2D eigenvalue weighted by atomic mass is 10.0. The van der Waals surface area contributed by atoms with Crippen LogP contribution in [0, 0.1) is 0 Å². The van der Waals surface area contributed by atoms with E-state index >= 15 is 0 Å². The van der Waals surface area contributed by atoms with Crippen LogP contribution in [0.4, 0.5) is 5.69 Å². The zero-order chi connectivity index (χ0) is 21.3. The summed E-state index contributed by atoms with van der Waals surface area (Å²) < 4.78 is 5.67. The third-order valence-electron chi connectivity index (χ3n) is 4.79. The van der Waals surface area contributed by atoms with Gasteiger partial charge in [-0.2, -0.15) is 0 Å². The van der Waals surface area contributed by atoms with Crippen molar-refractivity contribution in [3.05, 3.63) is 65.5 Å². The van der Waals surface area contributed by atoms with Crippen molar-refractivity contribution in [2.75, 3.05) is 6.61 Å². The van der Waals surface area contributed by atoms with E-state index in [0.29, 0.717) is 24.6 Å². The first-order chi connectivity index (χ1) is 14.5. The fourth-order valence-electron chi connectivity index (χ4n) is 3.32. The van der Waals surface area contributed by atoms with Crippen LogP contribution in [0.1, 0.15) is 31.7 Å². The van der Waals surface area contributed by atoms with Crippen molar-refractivity contribution < 1.29 is 9.53 Å². The number of hydrogen-bond acceptors (Lipinski definition) is 5. The largest absolute Gasteiger partial charge is 0.478 e. The van der Waals surface area contributed by atoms with E-state index in [0.717, 1.165) is 30.5 Å². The molecule has 30 heavy (non-hydrogen) atoms. The summed E-state index contributed by atoms with van der Waals surface area (Å²) in [6.45, 7) is 2.43. The van der Waals surface area contributed by atoms with Gasteiger partial charge in [0.25, 0.3) is 5.91 Å². The normalized spacial score (nSPS) is 15.9. The molecule has 158 valence electrons. The van der Waals surface area contributed by atoms with E-state index in [9.17, 15) is 4.79 Å². The molecule has 8 heteroatoms. The third kappa shape index (κ3) is 6.23. The quantitative estimate of drug-likeness (QED) is 0.286. The molecule has 0 fully saturated rings. The van der Waals surface area contributed by atoms with Crippen LogP contribution < -0.4 is 26.8 Å². The van der Waals surface area contributed by atoms with Gasteiger partial charge >= 0.3 is 0 Å². The molecule has 2 heterocycles. The molecule has 1 atom stereocenters. The number of rotatable bonds is 9. The predicted octanol–water partition coefficient (Wildman–Crippen LogP) is 2.10. The molecule has 1 amide bonds. The highest BCUT2D eigenvalue weighted by Crippen LogP contribution is 2.18. The van der Waals surface area contributed by atoms with Gasteiger partial charge in [0, 0.05) is 23.5 Å². The minimum absolute atomic E-state index is 0.000276. The van der Waals surface area contributed by atoms with Crippen molar-refractivity contribution in [1.82, 2.24) is 15.6 Å². The lowest BCUT2D eigenvalue weighted by Gasteiger charge is -2.29. The highest BCUT2D eigenvalue weighted by molar-refractivity contribution is 5.95. The second kappa shape index (κ2) is 10.3. The van der Waals surface area contributed by atoms with Gasteiger partial charge in [0.2, 0.25) is 5.88 Å². The maximum absolute atomic E-state index is 12.5. The number of aryl methyl sites for hydroxylation is 1. The fraction of sp³-hybridized carbons (Fsp3) is 0.318. The maximum atomic E-state index is 12.5. The van der Waals surface area contributed by atoms with Gasteiger partial charge in [0.05, 0.1) is 18.5 Å². The number of nitrogens with two attached hydrogens (primary N) is 2. The first kappa shape index (κ1) is 21.2. The number of allylic oxidation sites excluding steroid dienone is 1. The number of benzene rings is 1. The molecule has 1 unspecified atom stereocenters. The monoisotopic (exact) mass is 408 g/mol. The van der Waals surface area contributed by atoms with Crippen LogP contribution in [0.3, 0.4) is 0 Å². The minimum Gasteiger partial charge on any atom is -0.478 e. The Kier molecular flexibility index (Phi) is 7.26. The highest BCUT2D eigenvalue weighted by atomic mass is 16.5. The van der Waals surface area contributed by atoms with Gasteiger partial charge in [-0.3, -0.25) is 4.79 Å². The molecular formula is C22H28N6O2. The van der Waals surface area contributed by atoms with Crippen molar-refractivity contribution in [2.45, 2.75) is 38.8 Å². The van der Waals surface area contributed by atoms with E-state index in [2.05, 4.69) is 32.7 Å². The van der Waals surface area contributed by atoms with Gasteiger partial charge in [0.15, 0.2) is 5.96 Å². The van der Waals surface area contributed by atoms with E-state index in [4.69, 9.17) is 16.2 Å². The summed E-state index contributed by atoms with van der Waals surface area (Å²) in [5, 5.41) is 6.43. The van der Waals surface area contributed by atoms with Crippen molar-refractivity contribution in [1.29, 1.82) is 0 Å². The zero-order valence-electron chi connectivity index (χ0n) is 17.1. The first-order valence-corrected chi connectivity index (χ1v) is 10.0. The van der Waals surface area contributed by atoms with Crippen LogP contribution in [0.2, 0.25) is 0 Å². The minimum atomic E-state index is -0.109. The molecule has 1 aliphatic heterocycles. The molecule has 0 aliphatic carbocycles. The Bertz CT molecular complexity index is 922. The van der Waals surface area contributed by atoms with Crippen molar-refractivity contribution in [2.24, 2.45) is 16.5 Å². The highest BCUT2D eigenvalue weighted by Gasteiger charge is 2.23. The van der Waals surface area contributed by atoms with E-state index in [-0.39, 0.29) is 18.0 Å². The van der Waals surface area contributed by atoms with Crippen LogP contribution in [0.5, 0.6) is 5.88 Å². The molecular weight excluding hydrogens is 380 g/mol. The number of aromatic nitrogens is 1. The summed E-state index contributed by atoms with van der Waals surface area (Å²) in [7, 11) is 0. The number of pyridine rings is 1. The summed E-state index contributed by atoms with van der Waals surface area (Å²) in [5.41, 5.74) is 14.3. The standard InChI is InChI=1S/C22H28N6O2/c1-15-18(10-9-16-6-3-2-4-7-16)21(29)28-19(26-15)8-5-13-30-20-14-17(11-12-25-20)27-22(23)24/h2-4,6-7,11-12,14,19,26H,5,8-10,13H2,1H3,(H,28,29)(H4,23,24,25,27). The Morgan fingerprint density at radius 2 is 1.97 bits per heavy atom. The van der Waals surface area contributed by atoms with Crippen LogP contribution in [-0.4, -0.2) is 29.6 Å². The lowest BCUT2D eigenvalue weighted by Crippen LogP contribution is -2.50. The summed E-state index contributed by atoms with van der Waals surface area (Å²) >= 11 is 0. The molecule has 8 nitrogen and oxygen atoms in total. The number of carbonyl (C=O) groups is 1. The van der Waals surface area contributed by atoms with Crippen LogP contribution in [0.25, 0.3) is 0 Å². The first-order valence-electron chi connectivity index (χ1n) is 10.0. The molecule has 0 saturated heterocycles. The summed E-state index contributed by atoms with van der Waals surface area (Å²) in [5.74, 6) is 0.440. The maximum Gasteiger partial charge on any atom is 0.250 e. The number of nitrogens with zero attached hydrogens (tertiary/aromatic N) is 2. The van der Waals surface area contributed by atoms with Crippen LogP contribution in [0.15, 0.2) is 64.9 Å². The van der Waals surface area contributed by atoms with E-state index < -0.39 is 0 Å². The number of hydrogen-bond donors (Lipinski definition) is 4. The van der Waals surface area contributed by atoms with Gasteiger partial charge in [0.1, 0.15) is 0 Å². The molecule has 0 bridgehead atoms. The van der Waals surface area contributed by atoms with Crippen molar-refractivity contribution in [3.63, 3.8) is 0 Å². The molecule has 1 aromatic carbocycles. The van der Waals surface area contributed by atoms with E-state index in [1.807, 2.05) is 25.1 Å². The van der Waals surface area contributed by atoms with Gasteiger partial charge in [-0.1, -0.05) is 30.3 Å². The van der Waals surface area contributed by atoms with Gasteiger partial charge < -0.3 is 26.8 Å². The van der Waals surface area contributed by atoms with Gasteiger partial charge in [-0.05, 0) is 44.2 Å². The van der Waals surface area contributed by atoms with Crippen molar-refractivity contribution in [3.8, 4) is 5.88 Å². The predicted molar refractivity (Wildman–Crippen MR) is 117 cm³/mol. The lowest BCUT2D eigenvalue weighted by molar-refractivity contribution is -0.119. The fourth-order valence-corrected chi connectivity index (χ4v) is 3.32. The average Bonchev–Trinajstić information content (AvgIpc) is 2.71. The molecule has 1 aliphatic rings. The molecule has 0 saturated carbocycles. The smallest absolute Gasteiger partial charge is 0.250 e. The summed E-state index contributed by atoms with van der Waals surface area (Å²) in [6.07, 6.45) is 4.52. The molecule has 0 spiro atoms. The van der Waals surface area contributed by atoms with Gasteiger partial charge in [-0.25, -0.2) is 9.98 Å². The van der Waals surface area contributed by atoms with Crippen LogP contribution >= 0.6 is 0 Å². The number of guanidine groups is 1. The zero-order valence-corrected chi connectivity index (χ0v) is 17.1.